The van der Waals surface area contributed by atoms with Gasteiger partial charge in [-0.05, 0) is 25.0 Å². The topological polar surface area (TPSA) is 86.2 Å². The van der Waals surface area contributed by atoms with E-state index in [9.17, 15) is 9.59 Å². The van der Waals surface area contributed by atoms with Gasteiger partial charge < -0.3 is 24.5 Å². The highest BCUT2D eigenvalue weighted by atomic mass is 16.5. The van der Waals surface area contributed by atoms with Crippen molar-refractivity contribution in [3.05, 3.63) is 24.5 Å². The predicted molar refractivity (Wildman–Crippen MR) is 91.6 cm³/mol. The summed E-state index contributed by atoms with van der Waals surface area (Å²) in [7, 11) is 0. The maximum atomic E-state index is 12.7. The molecule has 3 rings (SSSR count). The Balaban J connectivity index is 1.43. The molecule has 0 unspecified atom stereocenters. The molecule has 0 bridgehead atoms. The first kappa shape index (κ1) is 17.5. The van der Waals surface area contributed by atoms with Crippen LogP contribution in [0.4, 0.5) is 10.5 Å². The van der Waals surface area contributed by atoms with Crippen molar-refractivity contribution in [2.24, 2.45) is 0 Å². The monoisotopic (exact) mass is 348 g/mol. The van der Waals surface area contributed by atoms with Gasteiger partial charge in [0.05, 0.1) is 6.10 Å². The molecule has 1 aromatic rings. The van der Waals surface area contributed by atoms with E-state index in [4.69, 9.17) is 9.84 Å². The number of aliphatic carboxylic acids is 1. The summed E-state index contributed by atoms with van der Waals surface area (Å²) in [5.74, 6) is -0.953. The van der Waals surface area contributed by atoms with Crippen molar-refractivity contribution in [2.75, 3.05) is 50.8 Å². The van der Waals surface area contributed by atoms with Crippen LogP contribution in [0.2, 0.25) is 0 Å². The van der Waals surface area contributed by atoms with E-state index in [2.05, 4.69) is 9.88 Å². The quantitative estimate of drug-likeness (QED) is 0.870. The van der Waals surface area contributed by atoms with E-state index in [0.29, 0.717) is 39.0 Å². The van der Waals surface area contributed by atoms with Gasteiger partial charge in [-0.15, -0.1) is 0 Å². The summed E-state index contributed by atoms with van der Waals surface area (Å²) in [6, 6.07) is 4.05. The lowest BCUT2D eigenvalue weighted by atomic mass is 10.1. The zero-order chi connectivity index (χ0) is 17.6. The van der Waals surface area contributed by atoms with E-state index < -0.39 is 5.97 Å². The molecule has 2 saturated heterocycles. The molecule has 3 heterocycles. The standard InChI is InChI=1S/C17H24N4O4/c22-16(23)13-25-15-3-7-20(8-4-15)17(24)21-11-9-19(10-12-21)14-1-5-18-6-2-14/h1-2,5-6,15H,3-4,7-13H2,(H,22,23). The zero-order valence-corrected chi connectivity index (χ0v) is 14.2. The first-order valence-electron chi connectivity index (χ1n) is 8.65. The molecule has 0 aliphatic carbocycles. The van der Waals surface area contributed by atoms with Crippen LogP contribution in [0.3, 0.4) is 0 Å². The van der Waals surface area contributed by atoms with Crippen molar-refractivity contribution in [3.63, 3.8) is 0 Å². The van der Waals surface area contributed by atoms with E-state index in [0.717, 1.165) is 18.8 Å². The minimum absolute atomic E-state index is 0.0660. The van der Waals surface area contributed by atoms with E-state index in [1.165, 1.54) is 0 Å². The molecule has 8 nitrogen and oxygen atoms in total. The van der Waals surface area contributed by atoms with Crippen molar-refractivity contribution in [2.45, 2.75) is 18.9 Å². The highest BCUT2D eigenvalue weighted by Crippen LogP contribution is 2.18. The van der Waals surface area contributed by atoms with Gasteiger partial charge in [0, 0.05) is 57.3 Å². The van der Waals surface area contributed by atoms with Crippen LogP contribution in [-0.4, -0.2) is 83.9 Å². The van der Waals surface area contributed by atoms with Gasteiger partial charge in [-0.1, -0.05) is 0 Å². The van der Waals surface area contributed by atoms with E-state index >= 15 is 0 Å². The van der Waals surface area contributed by atoms with Crippen LogP contribution in [0.25, 0.3) is 0 Å². The second kappa shape index (κ2) is 8.15. The number of carbonyl (C=O) groups is 2. The van der Waals surface area contributed by atoms with Gasteiger partial charge in [-0.2, -0.15) is 0 Å². The van der Waals surface area contributed by atoms with E-state index in [-0.39, 0.29) is 18.7 Å². The molecule has 2 amide bonds. The van der Waals surface area contributed by atoms with Gasteiger partial charge >= 0.3 is 12.0 Å². The Hall–Kier alpha value is -2.35. The van der Waals surface area contributed by atoms with Crippen LogP contribution in [0.1, 0.15) is 12.8 Å². The highest BCUT2D eigenvalue weighted by molar-refractivity contribution is 5.75. The molecule has 0 radical (unpaired) electrons. The number of piperazine rings is 1. The highest BCUT2D eigenvalue weighted by Gasteiger charge is 2.29. The molecule has 2 aliphatic rings. The molecule has 0 saturated carbocycles. The first-order valence-corrected chi connectivity index (χ1v) is 8.65. The van der Waals surface area contributed by atoms with Crippen molar-refractivity contribution >= 4 is 17.7 Å². The maximum Gasteiger partial charge on any atom is 0.329 e. The fraction of sp³-hybridized carbons (Fsp3) is 0.588. The normalized spacial score (nSPS) is 19.1. The summed E-state index contributed by atoms with van der Waals surface area (Å²) >= 11 is 0. The smallest absolute Gasteiger partial charge is 0.329 e. The number of carboxylic acid groups (broad SMARTS) is 1. The predicted octanol–water partition coefficient (Wildman–Crippen LogP) is 0.889. The number of rotatable bonds is 4. The van der Waals surface area contributed by atoms with Crippen molar-refractivity contribution < 1.29 is 19.4 Å². The number of hydrogen-bond donors (Lipinski definition) is 1. The third kappa shape index (κ3) is 4.60. The molecule has 2 aliphatic heterocycles. The molecular formula is C17H24N4O4. The third-order valence-electron chi connectivity index (χ3n) is 4.73. The fourth-order valence-electron chi connectivity index (χ4n) is 3.31. The number of carbonyl (C=O) groups excluding carboxylic acids is 1. The van der Waals surface area contributed by atoms with Crippen LogP contribution in [0.5, 0.6) is 0 Å². The number of ether oxygens (including phenoxy) is 1. The Bertz CT molecular complexity index is 582. The number of nitrogens with zero attached hydrogens (tertiary/aromatic N) is 4. The van der Waals surface area contributed by atoms with Gasteiger partial charge in [0.25, 0.3) is 0 Å². The zero-order valence-electron chi connectivity index (χ0n) is 14.2. The minimum Gasteiger partial charge on any atom is -0.480 e. The summed E-state index contributed by atoms with van der Waals surface area (Å²) in [5, 5.41) is 8.65. The lowest BCUT2D eigenvalue weighted by Crippen LogP contribution is -2.54. The number of piperidine rings is 1. The summed E-state index contributed by atoms with van der Waals surface area (Å²) < 4.78 is 5.32. The van der Waals surface area contributed by atoms with Crippen molar-refractivity contribution in [1.82, 2.24) is 14.8 Å². The Morgan fingerprint density at radius 2 is 1.64 bits per heavy atom. The van der Waals surface area contributed by atoms with Crippen molar-refractivity contribution in [3.8, 4) is 0 Å². The SMILES string of the molecule is O=C(O)COC1CCN(C(=O)N2CCN(c3ccncc3)CC2)CC1. The number of carboxylic acids is 1. The van der Waals surface area contributed by atoms with Gasteiger partial charge in [-0.3, -0.25) is 4.98 Å². The number of anilines is 1. The summed E-state index contributed by atoms with van der Waals surface area (Å²) in [6.45, 7) is 4.01. The van der Waals surface area contributed by atoms with Crippen LogP contribution >= 0.6 is 0 Å². The van der Waals surface area contributed by atoms with E-state index in [1.54, 1.807) is 12.4 Å². The largest absolute Gasteiger partial charge is 0.480 e. The van der Waals surface area contributed by atoms with E-state index in [1.807, 2.05) is 21.9 Å². The van der Waals surface area contributed by atoms with Gasteiger partial charge in [-0.25, -0.2) is 9.59 Å². The molecule has 0 atom stereocenters. The van der Waals surface area contributed by atoms with Crippen LogP contribution in [-0.2, 0) is 9.53 Å². The van der Waals surface area contributed by atoms with Crippen LogP contribution in [0, 0.1) is 0 Å². The van der Waals surface area contributed by atoms with Gasteiger partial charge in [0.15, 0.2) is 0 Å². The maximum absolute atomic E-state index is 12.7. The average molecular weight is 348 g/mol. The number of pyridine rings is 1. The summed E-state index contributed by atoms with van der Waals surface area (Å²) in [4.78, 5) is 33.2. The third-order valence-corrected chi connectivity index (χ3v) is 4.73. The summed E-state index contributed by atoms with van der Waals surface area (Å²) in [5.41, 5.74) is 1.14. The Labute approximate surface area is 147 Å². The second-order valence-corrected chi connectivity index (χ2v) is 6.35. The lowest BCUT2D eigenvalue weighted by molar-refractivity contribution is -0.145. The van der Waals surface area contributed by atoms with Crippen LogP contribution in [0.15, 0.2) is 24.5 Å². The average Bonchev–Trinajstić information content (AvgIpc) is 2.67. The molecule has 0 aromatic carbocycles. The van der Waals surface area contributed by atoms with Gasteiger partial charge in [0.1, 0.15) is 6.61 Å². The molecule has 1 aromatic heterocycles. The Kier molecular flexibility index (Phi) is 5.70. The number of amides is 2. The molecular weight excluding hydrogens is 324 g/mol. The molecule has 1 N–H and O–H groups in total. The molecule has 136 valence electrons. The number of urea groups is 1. The second-order valence-electron chi connectivity index (χ2n) is 6.35. The van der Waals surface area contributed by atoms with Gasteiger partial charge in [0.2, 0.25) is 0 Å². The minimum atomic E-state index is -0.953. The molecule has 2 fully saturated rings. The van der Waals surface area contributed by atoms with Crippen LogP contribution < -0.4 is 4.90 Å². The Morgan fingerprint density at radius 1 is 1.04 bits per heavy atom. The van der Waals surface area contributed by atoms with Crippen molar-refractivity contribution in [1.29, 1.82) is 0 Å². The number of aromatic nitrogens is 1. The number of hydrogen-bond acceptors (Lipinski definition) is 5. The molecule has 0 spiro atoms. The summed E-state index contributed by atoms with van der Waals surface area (Å²) in [6.07, 6.45) is 4.88. The molecule has 8 heteroatoms. The fourth-order valence-corrected chi connectivity index (χ4v) is 3.31. The first-order chi connectivity index (χ1) is 12.1. The number of likely N-dealkylation sites (tertiary alicyclic amines) is 1. The lowest BCUT2D eigenvalue weighted by Gasteiger charge is -2.40. The Morgan fingerprint density at radius 3 is 2.24 bits per heavy atom. The molecule has 25 heavy (non-hydrogen) atoms.